The van der Waals surface area contributed by atoms with E-state index >= 15 is 0 Å². The summed E-state index contributed by atoms with van der Waals surface area (Å²) in [5.41, 5.74) is 0. The topological polar surface area (TPSA) is 51.0 Å². The molecule has 0 radical (unpaired) electrons. The molecule has 4 nitrogen and oxygen atoms in total. The van der Waals surface area contributed by atoms with Gasteiger partial charge in [-0.05, 0) is 12.8 Å². The van der Waals surface area contributed by atoms with Gasteiger partial charge in [0.2, 0.25) is 6.39 Å². The Hall–Kier alpha value is -0.900. The molecule has 13 heavy (non-hydrogen) atoms. The molecule has 1 aromatic heterocycles. The van der Waals surface area contributed by atoms with Crippen molar-refractivity contribution < 1.29 is 4.52 Å². The van der Waals surface area contributed by atoms with E-state index in [1.807, 2.05) is 0 Å². The van der Waals surface area contributed by atoms with E-state index in [-0.39, 0.29) is 0 Å². The van der Waals surface area contributed by atoms with Crippen molar-refractivity contribution in [1.82, 2.24) is 15.5 Å². The summed E-state index contributed by atoms with van der Waals surface area (Å²) in [5.74, 6) is 1.39. The molecule has 2 atom stereocenters. The van der Waals surface area contributed by atoms with Gasteiger partial charge < -0.3 is 9.84 Å². The lowest BCUT2D eigenvalue weighted by molar-refractivity contribution is 0.373. The van der Waals surface area contributed by atoms with Crippen molar-refractivity contribution in [3.05, 3.63) is 12.2 Å². The number of rotatable bonds is 5. The van der Waals surface area contributed by atoms with Crippen LogP contribution in [0.2, 0.25) is 0 Å². The molecular formula is C9H17N3O. The third-order valence-electron chi connectivity index (χ3n) is 2.49. The molecule has 1 rings (SSSR count). The first-order chi connectivity index (χ1) is 6.24. The van der Waals surface area contributed by atoms with Crippen LogP contribution < -0.4 is 5.32 Å². The Kier molecular flexibility index (Phi) is 3.89. The molecule has 0 spiro atoms. The Balaban J connectivity index is 2.26. The van der Waals surface area contributed by atoms with Gasteiger partial charge in [-0.2, -0.15) is 4.98 Å². The zero-order chi connectivity index (χ0) is 9.68. The van der Waals surface area contributed by atoms with Crippen LogP contribution in [0, 0.1) is 5.92 Å². The molecule has 0 aliphatic heterocycles. The maximum atomic E-state index is 4.63. The first-order valence-corrected chi connectivity index (χ1v) is 4.72. The third kappa shape index (κ3) is 3.14. The summed E-state index contributed by atoms with van der Waals surface area (Å²) in [5, 5.41) is 7.08. The van der Waals surface area contributed by atoms with Crippen molar-refractivity contribution in [3.63, 3.8) is 0 Å². The van der Waals surface area contributed by atoms with Crippen molar-refractivity contribution in [2.45, 2.75) is 39.8 Å². The molecule has 0 aliphatic rings. The van der Waals surface area contributed by atoms with Crippen LogP contribution in [0.25, 0.3) is 0 Å². The Morgan fingerprint density at radius 3 is 2.85 bits per heavy atom. The van der Waals surface area contributed by atoms with Crippen molar-refractivity contribution in [3.8, 4) is 0 Å². The minimum atomic E-state index is 0.489. The summed E-state index contributed by atoms with van der Waals surface area (Å²) in [7, 11) is 0. The summed E-state index contributed by atoms with van der Waals surface area (Å²) >= 11 is 0. The minimum absolute atomic E-state index is 0.489. The van der Waals surface area contributed by atoms with E-state index in [1.54, 1.807) is 0 Å². The van der Waals surface area contributed by atoms with Crippen LogP contribution in [-0.4, -0.2) is 16.2 Å². The molecule has 74 valence electrons. The van der Waals surface area contributed by atoms with Gasteiger partial charge >= 0.3 is 0 Å². The van der Waals surface area contributed by atoms with E-state index in [4.69, 9.17) is 0 Å². The standard InChI is InChI=1S/C9H17N3O/c1-4-7(2)8(3)10-5-9-11-6-13-12-9/h6-8,10H,4-5H2,1-3H3. The monoisotopic (exact) mass is 183 g/mol. The highest BCUT2D eigenvalue weighted by Gasteiger charge is 2.09. The molecule has 0 fully saturated rings. The van der Waals surface area contributed by atoms with E-state index in [0.29, 0.717) is 18.5 Å². The zero-order valence-electron chi connectivity index (χ0n) is 8.45. The van der Waals surface area contributed by atoms with Crippen LogP contribution in [-0.2, 0) is 6.54 Å². The van der Waals surface area contributed by atoms with Crippen LogP contribution >= 0.6 is 0 Å². The average molecular weight is 183 g/mol. The Labute approximate surface area is 78.7 Å². The SMILES string of the molecule is CCC(C)C(C)NCc1ncon1. The predicted molar refractivity (Wildman–Crippen MR) is 50.1 cm³/mol. The van der Waals surface area contributed by atoms with Crippen molar-refractivity contribution in [2.24, 2.45) is 5.92 Å². The lowest BCUT2D eigenvalue weighted by atomic mass is 10.0. The van der Waals surface area contributed by atoms with Crippen LogP contribution in [0.4, 0.5) is 0 Å². The molecular weight excluding hydrogens is 166 g/mol. The molecule has 0 aromatic carbocycles. The normalized spacial score (nSPS) is 15.6. The van der Waals surface area contributed by atoms with Gasteiger partial charge in [0.05, 0.1) is 6.54 Å². The van der Waals surface area contributed by atoms with Crippen LogP contribution in [0.3, 0.4) is 0 Å². The van der Waals surface area contributed by atoms with Crippen LogP contribution in [0.15, 0.2) is 10.9 Å². The molecule has 0 bridgehead atoms. The number of hydrogen-bond acceptors (Lipinski definition) is 4. The summed E-state index contributed by atoms with van der Waals surface area (Å²) < 4.78 is 4.63. The quantitative estimate of drug-likeness (QED) is 0.753. The average Bonchev–Trinajstić information content (AvgIpc) is 2.65. The molecule has 1 aromatic rings. The first kappa shape index (κ1) is 10.2. The van der Waals surface area contributed by atoms with Gasteiger partial charge in [-0.3, -0.25) is 0 Å². The fourth-order valence-corrected chi connectivity index (χ4v) is 1.08. The van der Waals surface area contributed by atoms with Gasteiger partial charge in [0, 0.05) is 6.04 Å². The van der Waals surface area contributed by atoms with Crippen molar-refractivity contribution >= 4 is 0 Å². The Morgan fingerprint density at radius 2 is 2.31 bits per heavy atom. The summed E-state index contributed by atoms with van der Waals surface area (Å²) in [4.78, 5) is 3.93. The number of aromatic nitrogens is 2. The second-order valence-electron chi connectivity index (χ2n) is 3.40. The molecule has 2 unspecified atom stereocenters. The number of nitrogens with one attached hydrogen (secondary N) is 1. The first-order valence-electron chi connectivity index (χ1n) is 4.72. The summed E-state index contributed by atoms with van der Waals surface area (Å²) in [6.45, 7) is 7.28. The predicted octanol–water partition coefficient (Wildman–Crippen LogP) is 1.59. The minimum Gasteiger partial charge on any atom is -0.343 e. The largest absolute Gasteiger partial charge is 0.343 e. The molecule has 0 aliphatic carbocycles. The maximum absolute atomic E-state index is 4.63. The lowest BCUT2D eigenvalue weighted by Gasteiger charge is -2.18. The van der Waals surface area contributed by atoms with Gasteiger partial charge in [-0.25, -0.2) is 0 Å². The lowest BCUT2D eigenvalue weighted by Crippen LogP contribution is -2.31. The van der Waals surface area contributed by atoms with Crippen molar-refractivity contribution in [1.29, 1.82) is 0 Å². The Bertz CT molecular complexity index is 223. The third-order valence-corrected chi connectivity index (χ3v) is 2.49. The summed E-state index contributed by atoms with van der Waals surface area (Å²) in [6.07, 6.45) is 2.53. The summed E-state index contributed by atoms with van der Waals surface area (Å²) in [6, 6.07) is 0.489. The fourth-order valence-electron chi connectivity index (χ4n) is 1.08. The van der Waals surface area contributed by atoms with E-state index < -0.39 is 0 Å². The molecule has 0 amide bonds. The van der Waals surface area contributed by atoms with Gasteiger partial charge in [0.1, 0.15) is 0 Å². The van der Waals surface area contributed by atoms with Crippen LogP contribution in [0.1, 0.15) is 33.0 Å². The second kappa shape index (κ2) is 4.97. The van der Waals surface area contributed by atoms with Gasteiger partial charge in [0.25, 0.3) is 0 Å². The number of nitrogens with zero attached hydrogens (tertiary/aromatic N) is 2. The molecule has 0 saturated heterocycles. The fraction of sp³-hybridized carbons (Fsp3) is 0.778. The Morgan fingerprint density at radius 1 is 1.54 bits per heavy atom. The van der Waals surface area contributed by atoms with Crippen LogP contribution in [0.5, 0.6) is 0 Å². The van der Waals surface area contributed by atoms with E-state index in [2.05, 4.69) is 40.8 Å². The maximum Gasteiger partial charge on any atom is 0.213 e. The molecule has 4 heteroatoms. The number of hydrogen-bond donors (Lipinski definition) is 1. The van der Waals surface area contributed by atoms with E-state index in [0.717, 1.165) is 5.82 Å². The highest BCUT2D eigenvalue weighted by molar-refractivity contribution is 4.78. The van der Waals surface area contributed by atoms with Gasteiger partial charge in [-0.15, -0.1) is 0 Å². The highest BCUT2D eigenvalue weighted by Crippen LogP contribution is 2.06. The van der Waals surface area contributed by atoms with E-state index in [1.165, 1.54) is 12.8 Å². The van der Waals surface area contributed by atoms with Gasteiger partial charge in [0.15, 0.2) is 5.82 Å². The molecule has 1 heterocycles. The van der Waals surface area contributed by atoms with E-state index in [9.17, 15) is 0 Å². The van der Waals surface area contributed by atoms with Crippen molar-refractivity contribution in [2.75, 3.05) is 0 Å². The smallest absolute Gasteiger partial charge is 0.213 e. The highest BCUT2D eigenvalue weighted by atomic mass is 16.5. The van der Waals surface area contributed by atoms with Gasteiger partial charge in [-0.1, -0.05) is 25.4 Å². The molecule has 0 saturated carbocycles. The zero-order valence-corrected chi connectivity index (χ0v) is 8.45. The molecule has 1 N–H and O–H groups in total. The second-order valence-corrected chi connectivity index (χ2v) is 3.40.